The van der Waals surface area contributed by atoms with Crippen molar-refractivity contribution in [1.82, 2.24) is 14.9 Å². The molecule has 1 aromatic carbocycles. The van der Waals surface area contributed by atoms with Gasteiger partial charge >= 0.3 is 0 Å². The molecule has 1 amide bonds. The fourth-order valence-electron chi connectivity index (χ4n) is 2.01. The van der Waals surface area contributed by atoms with Gasteiger partial charge in [-0.2, -0.15) is 4.72 Å². The molecule has 128 valence electrons. The van der Waals surface area contributed by atoms with E-state index in [1.54, 1.807) is 0 Å². The summed E-state index contributed by atoms with van der Waals surface area (Å²) in [4.78, 5) is 11.6. The summed E-state index contributed by atoms with van der Waals surface area (Å²) in [5.41, 5.74) is 0. The van der Waals surface area contributed by atoms with Crippen molar-refractivity contribution in [2.24, 2.45) is 0 Å². The highest BCUT2D eigenvalue weighted by Gasteiger charge is 2.29. The number of rotatable bonds is 6. The van der Waals surface area contributed by atoms with Crippen molar-refractivity contribution in [2.45, 2.75) is 36.6 Å². The van der Waals surface area contributed by atoms with E-state index in [4.69, 9.17) is 0 Å². The lowest BCUT2D eigenvalue weighted by Gasteiger charge is -2.13. The number of hydrogen-bond acceptors (Lipinski definition) is 6. The molecular formula is C14H15FN4O3S2. The SMILES string of the molecule is C[C@H](NS(=O)(=O)c1ccccc1F)C(=O)Nc1nnc(C2CC2)s1. The first kappa shape index (κ1) is 16.9. The largest absolute Gasteiger partial charge is 0.299 e. The number of aromatic nitrogens is 2. The van der Waals surface area contributed by atoms with Gasteiger partial charge in [0, 0.05) is 5.92 Å². The number of benzene rings is 1. The fraction of sp³-hybridized carbons (Fsp3) is 0.357. The first-order valence-electron chi connectivity index (χ1n) is 7.28. The van der Waals surface area contributed by atoms with Crippen LogP contribution in [-0.4, -0.2) is 30.6 Å². The summed E-state index contributed by atoms with van der Waals surface area (Å²) in [5, 5.41) is 11.6. The second-order valence-electron chi connectivity index (χ2n) is 5.48. The molecule has 0 unspecified atom stereocenters. The van der Waals surface area contributed by atoms with Crippen LogP contribution in [-0.2, 0) is 14.8 Å². The van der Waals surface area contributed by atoms with Crippen LogP contribution in [0.3, 0.4) is 0 Å². The number of anilines is 1. The Morgan fingerprint density at radius 1 is 1.33 bits per heavy atom. The first-order valence-corrected chi connectivity index (χ1v) is 9.58. The monoisotopic (exact) mass is 370 g/mol. The Morgan fingerprint density at radius 3 is 2.71 bits per heavy atom. The summed E-state index contributed by atoms with van der Waals surface area (Å²) in [7, 11) is -4.14. The van der Waals surface area contributed by atoms with Gasteiger partial charge in [0.1, 0.15) is 15.7 Å². The van der Waals surface area contributed by atoms with Gasteiger partial charge in [-0.1, -0.05) is 23.5 Å². The first-order chi connectivity index (χ1) is 11.4. The Kier molecular flexibility index (Phi) is 4.61. The molecule has 1 aliphatic rings. The van der Waals surface area contributed by atoms with Crippen molar-refractivity contribution in [2.75, 3.05) is 5.32 Å². The summed E-state index contributed by atoms with van der Waals surface area (Å²) in [6, 6.07) is 3.87. The van der Waals surface area contributed by atoms with E-state index in [-0.39, 0.29) is 0 Å². The van der Waals surface area contributed by atoms with Crippen LogP contribution in [0.1, 0.15) is 30.7 Å². The molecule has 0 aliphatic heterocycles. The molecule has 1 saturated carbocycles. The zero-order chi connectivity index (χ0) is 17.3. The highest BCUT2D eigenvalue weighted by Crippen LogP contribution is 2.42. The number of nitrogens with zero attached hydrogens (tertiary/aromatic N) is 2. The Hall–Kier alpha value is -1.91. The van der Waals surface area contributed by atoms with E-state index in [1.807, 2.05) is 0 Å². The van der Waals surface area contributed by atoms with Gasteiger partial charge in [-0.3, -0.25) is 10.1 Å². The number of nitrogens with one attached hydrogen (secondary N) is 2. The molecule has 1 aliphatic carbocycles. The van der Waals surface area contributed by atoms with E-state index in [0.717, 1.165) is 30.0 Å². The molecule has 24 heavy (non-hydrogen) atoms. The standard InChI is InChI=1S/C14H15FN4O3S2/c1-8(19-24(21,22)11-5-3-2-4-10(11)15)12(20)16-14-18-17-13(23-14)9-6-7-9/h2-5,8-9,19H,6-7H2,1H3,(H,16,18,20)/t8-/m0/s1. The highest BCUT2D eigenvalue weighted by atomic mass is 32.2. The van der Waals surface area contributed by atoms with Crippen molar-refractivity contribution in [3.63, 3.8) is 0 Å². The van der Waals surface area contributed by atoms with Gasteiger partial charge in [0.05, 0.1) is 6.04 Å². The molecule has 0 radical (unpaired) electrons. The van der Waals surface area contributed by atoms with E-state index in [2.05, 4.69) is 20.2 Å². The molecule has 2 aromatic rings. The van der Waals surface area contributed by atoms with Crippen molar-refractivity contribution in [3.8, 4) is 0 Å². The Labute approximate surface area is 142 Å². The van der Waals surface area contributed by atoms with Crippen LogP contribution in [0.5, 0.6) is 0 Å². The molecule has 7 nitrogen and oxygen atoms in total. The molecule has 0 spiro atoms. The molecule has 2 N–H and O–H groups in total. The van der Waals surface area contributed by atoms with Gasteiger partial charge in [-0.25, -0.2) is 12.8 Å². The van der Waals surface area contributed by atoms with E-state index in [9.17, 15) is 17.6 Å². The fourth-order valence-corrected chi connectivity index (χ4v) is 4.20. The summed E-state index contributed by atoms with van der Waals surface area (Å²) in [5.74, 6) is -1.05. The molecular weight excluding hydrogens is 355 g/mol. The van der Waals surface area contributed by atoms with Crippen molar-refractivity contribution >= 4 is 32.4 Å². The minimum Gasteiger partial charge on any atom is -0.299 e. The highest BCUT2D eigenvalue weighted by molar-refractivity contribution is 7.89. The van der Waals surface area contributed by atoms with Gasteiger partial charge in [0.25, 0.3) is 0 Å². The number of carbonyl (C=O) groups excluding carboxylic acids is 1. The van der Waals surface area contributed by atoms with Crippen LogP contribution >= 0.6 is 11.3 Å². The molecule has 1 heterocycles. The van der Waals surface area contributed by atoms with Crippen LogP contribution in [0.4, 0.5) is 9.52 Å². The third kappa shape index (κ3) is 3.77. The quantitative estimate of drug-likeness (QED) is 0.808. The predicted molar refractivity (Wildman–Crippen MR) is 86.7 cm³/mol. The number of sulfonamides is 1. The van der Waals surface area contributed by atoms with Crippen LogP contribution in [0.25, 0.3) is 0 Å². The number of carbonyl (C=O) groups is 1. The van der Waals surface area contributed by atoms with Crippen LogP contribution in [0.2, 0.25) is 0 Å². The lowest BCUT2D eigenvalue weighted by atomic mass is 10.3. The Balaban J connectivity index is 1.65. The number of hydrogen-bond donors (Lipinski definition) is 2. The van der Waals surface area contributed by atoms with Gasteiger partial charge in [-0.05, 0) is 31.9 Å². The smallest absolute Gasteiger partial charge is 0.244 e. The van der Waals surface area contributed by atoms with Crippen LogP contribution < -0.4 is 10.0 Å². The zero-order valence-electron chi connectivity index (χ0n) is 12.7. The lowest BCUT2D eigenvalue weighted by Crippen LogP contribution is -2.41. The van der Waals surface area contributed by atoms with Gasteiger partial charge in [0.15, 0.2) is 0 Å². The van der Waals surface area contributed by atoms with E-state index >= 15 is 0 Å². The summed E-state index contributed by atoms with van der Waals surface area (Å²) in [6.07, 6.45) is 2.14. The molecule has 1 fully saturated rings. The Morgan fingerprint density at radius 2 is 2.04 bits per heavy atom. The summed E-state index contributed by atoms with van der Waals surface area (Å²) < 4.78 is 40.1. The second-order valence-corrected chi connectivity index (χ2v) is 8.17. The molecule has 1 atom stereocenters. The van der Waals surface area contributed by atoms with E-state index in [1.165, 1.54) is 30.4 Å². The maximum absolute atomic E-state index is 13.6. The van der Waals surface area contributed by atoms with Crippen molar-refractivity contribution in [1.29, 1.82) is 0 Å². The third-order valence-corrected chi connectivity index (χ3v) is 6.02. The maximum Gasteiger partial charge on any atom is 0.244 e. The summed E-state index contributed by atoms with van der Waals surface area (Å²) in [6.45, 7) is 1.37. The zero-order valence-corrected chi connectivity index (χ0v) is 14.3. The third-order valence-electron chi connectivity index (χ3n) is 3.45. The minimum absolute atomic E-state index is 0.318. The Bertz CT molecular complexity index is 864. The van der Waals surface area contributed by atoms with Crippen LogP contribution in [0, 0.1) is 5.82 Å². The van der Waals surface area contributed by atoms with Crippen molar-refractivity contribution in [3.05, 3.63) is 35.1 Å². The summed E-state index contributed by atoms with van der Waals surface area (Å²) >= 11 is 1.27. The van der Waals surface area contributed by atoms with Crippen molar-refractivity contribution < 1.29 is 17.6 Å². The second kappa shape index (κ2) is 6.54. The van der Waals surface area contributed by atoms with Gasteiger partial charge < -0.3 is 0 Å². The van der Waals surface area contributed by atoms with Crippen LogP contribution in [0.15, 0.2) is 29.2 Å². The molecule has 0 bridgehead atoms. The number of halogens is 1. The molecule has 10 heteroatoms. The molecule has 0 saturated heterocycles. The van der Waals surface area contributed by atoms with Gasteiger partial charge in [0.2, 0.25) is 21.1 Å². The lowest BCUT2D eigenvalue weighted by molar-refractivity contribution is -0.117. The van der Waals surface area contributed by atoms with E-state index < -0.39 is 32.7 Å². The average Bonchev–Trinajstić information content (AvgIpc) is 3.27. The predicted octanol–water partition coefficient (Wildman–Crippen LogP) is 1.86. The topological polar surface area (TPSA) is 101 Å². The minimum atomic E-state index is -4.14. The van der Waals surface area contributed by atoms with Gasteiger partial charge in [-0.15, -0.1) is 10.2 Å². The maximum atomic E-state index is 13.6. The normalized spacial score (nSPS) is 15.9. The molecule has 1 aromatic heterocycles. The number of amides is 1. The average molecular weight is 370 g/mol. The molecule has 3 rings (SSSR count). The van der Waals surface area contributed by atoms with E-state index in [0.29, 0.717) is 11.0 Å².